The molecule has 0 amide bonds. The zero-order valence-corrected chi connectivity index (χ0v) is 27.9. The Morgan fingerprint density at radius 1 is 0.694 bits per heavy atom. The second-order valence-corrected chi connectivity index (χ2v) is 17.1. The molecule has 2 aliphatic carbocycles. The zero-order valence-electron chi connectivity index (χ0n) is 23.9. The topological polar surface area (TPSA) is 0 Å². The summed E-state index contributed by atoms with van der Waals surface area (Å²) in [6, 6.07) is 14.8. The van der Waals surface area contributed by atoms with Gasteiger partial charge >= 0.3 is 222 Å². The molecule has 4 rings (SSSR count). The molecular weight excluding hydrogens is 558 g/mol. The van der Waals surface area contributed by atoms with Crippen molar-refractivity contribution in [3.05, 3.63) is 79.7 Å². The average Bonchev–Trinajstić information content (AvgIpc) is 3.26. The molecule has 0 N–H and O–H groups in total. The van der Waals surface area contributed by atoms with E-state index in [1.54, 1.807) is 20.0 Å². The van der Waals surface area contributed by atoms with Crippen LogP contribution in [0.1, 0.15) is 108 Å². The van der Waals surface area contributed by atoms with E-state index in [1.807, 2.05) is 0 Å². The molecule has 0 nitrogen and oxygen atoms in total. The van der Waals surface area contributed by atoms with Crippen LogP contribution in [-0.2, 0) is 34.1 Å². The van der Waals surface area contributed by atoms with Crippen molar-refractivity contribution in [1.82, 2.24) is 0 Å². The molecule has 0 spiro atoms. The predicted molar refractivity (Wildman–Crippen MR) is 145 cm³/mol. The molecule has 2 aromatic carbocycles. The number of halogens is 2. The first-order chi connectivity index (χ1) is 15.7. The second-order valence-electron chi connectivity index (χ2n) is 13.5. The van der Waals surface area contributed by atoms with Gasteiger partial charge in [-0.15, -0.1) is 0 Å². The molecule has 0 radical (unpaired) electrons. The van der Waals surface area contributed by atoms with E-state index in [0.29, 0.717) is 9.54 Å². The summed E-state index contributed by atoms with van der Waals surface area (Å²) in [5.74, 6) is 0.668. The van der Waals surface area contributed by atoms with E-state index in [2.05, 4.69) is 118 Å². The summed E-state index contributed by atoms with van der Waals surface area (Å²) in [6.07, 6.45) is 7.79. The van der Waals surface area contributed by atoms with Crippen LogP contribution in [0.3, 0.4) is 0 Å². The van der Waals surface area contributed by atoms with Crippen LogP contribution in [0.2, 0.25) is 0 Å². The van der Waals surface area contributed by atoms with Gasteiger partial charge in [-0.2, -0.15) is 0 Å². The Kier molecular flexibility index (Phi) is 9.87. The Morgan fingerprint density at radius 2 is 1.17 bits per heavy atom. The van der Waals surface area contributed by atoms with Gasteiger partial charge in [-0.05, 0) is 0 Å². The Morgan fingerprint density at radius 3 is 1.56 bits per heavy atom. The summed E-state index contributed by atoms with van der Waals surface area (Å²) in [5.41, 5.74) is 11.2. The van der Waals surface area contributed by atoms with Crippen LogP contribution < -0.4 is 24.8 Å². The number of rotatable bonds is 4. The molecule has 0 aliphatic heterocycles. The van der Waals surface area contributed by atoms with E-state index >= 15 is 0 Å². The molecule has 0 saturated carbocycles. The predicted octanol–water partition coefficient (Wildman–Crippen LogP) is 3.73. The summed E-state index contributed by atoms with van der Waals surface area (Å²) in [5, 5.41) is 0. The first kappa shape index (κ1) is 31.6. The zero-order chi connectivity index (χ0) is 25.1. The Bertz CT molecular complexity index is 1090. The van der Waals surface area contributed by atoms with Crippen LogP contribution in [-0.4, -0.2) is 0 Å². The minimum atomic E-state index is -0.858. The van der Waals surface area contributed by atoms with E-state index in [1.165, 1.54) is 35.1 Å². The van der Waals surface area contributed by atoms with Crippen molar-refractivity contribution >= 4 is 0 Å². The fourth-order valence-corrected chi connectivity index (χ4v) is 9.79. The first-order valence-electron chi connectivity index (χ1n) is 13.2. The third-order valence-electron chi connectivity index (χ3n) is 7.62. The van der Waals surface area contributed by atoms with Gasteiger partial charge < -0.3 is 24.8 Å². The molecule has 36 heavy (non-hydrogen) atoms. The van der Waals surface area contributed by atoms with E-state index in [0.717, 1.165) is 0 Å². The van der Waals surface area contributed by atoms with Crippen molar-refractivity contribution in [2.75, 3.05) is 0 Å². The van der Waals surface area contributed by atoms with Crippen molar-refractivity contribution in [3.8, 4) is 11.1 Å². The monoisotopic (exact) mass is 600 g/mol. The smallest absolute Gasteiger partial charge is 1.00 e. The number of hydrogen-bond donors (Lipinski definition) is 0. The summed E-state index contributed by atoms with van der Waals surface area (Å²) in [6.45, 7) is 23.5. The van der Waals surface area contributed by atoms with Crippen LogP contribution in [0.15, 0.2) is 57.4 Å². The van der Waals surface area contributed by atoms with E-state index in [9.17, 15) is 0 Å². The van der Waals surface area contributed by atoms with E-state index in [-0.39, 0.29) is 41.1 Å². The van der Waals surface area contributed by atoms with Gasteiger partial charge in [0.05, 0.1) is 0 Å². The van der Waals surface area contributed by atoms with Crippen LogP contribution in [0, 0.1) is 11.3 Å². The maximum Gasteiger partial charge on any atom is -1.00 e. The van der Waals surface area contributed by atoms with Crippen LogP contribution in [0.4, 0.5) is 0 Å². The molecule has 0 bridgehead atoms. The standard InChI is InChI=1S/C21H25.C12H19.2ClH.Zr/c1-20(2,3)16-9-7-14-11-15-8-10-17(21(4,5)6)13-19(15)18(14)12-16;1-5-6-10-7-8-11(9-10)12(2,3)4;;;/h7-13H,1-6H3;8-10H,5-6H2,1-4H3;2*1H;/q;;;;+2/p-2. The number of benzene rings is 2. The van der Waals surface area contributed by atoms with Crippen LogP contribution in [0.5, 0.6) is 0 Å². The number of allylic oxidation sites excluding steroid dienone is 4. The molecule has 0 saturated heterocycles. The SMILES string of the molecule is CCCC1C=C(C(C)(C)C)C=[C]1[Zr+2][CH]1c2ccc(C(C)(C)C)cc2-c2cc(C(C)(C)C)ccc21.[Cl-].[Cl-]. The van der Waals surface area contributed by atoms with E-state index < -0.39 is 23.2 Å². The van der Waals surface area contributed by atoms with Gasteiger partial charge in [0.2, 0.25) is 0 Å². The summed E-state index contributed by atoms with van der Waals surface area (Å²) < 4.78 is 2.42. The molecule has 0 aromatic heterocycles. The fraction of sp³-hybridized carbons (Fsp3) is 0.515. The number of hydrogen-bond acceptors (Lipinski definition) is 0. The maximum absolute atomic E-state index is 2.62. The third-order valence-corrected chi connectivity index (χ3v) is 11.9. The average molecular weight is 603 g/mol. The van der Waals surface area contributed by atoms with Gasteiger partial charge in [0.25, 0.3) is 0 Å². The molecule has 2 aliphatic rings. The molecule has 0 heterocycles. The Labute approximate surface area is 245 Å². The third kappa shape index (κ3) is 6.33. The Hall–Kier alpha value is -0.617. The van der Waals surface area contributed by atoms with Crippen molar-refractivity contribution in [1.29, 1.82) is 0 Å². The summed E-state index contributed by atoms with van der Waals surface area (Å²) in [7, 11) is 0. The quantitative estimate of drug-likeness (QED) is 0.501. The van der Waals surface area contributed by atoms with Crippen LogP contribution >= 0.6 is 0 Å². The largest absolute Gasteiger partial charge is 1.00 e. The molecule has 1 atom stereocenters. The van der Waals surface area contributed by atoms with Gasteiger partial charge in [-0.1, -0.05) is 0 Å². The van der Waals surface area contributed by atoms with Gasteiger partial charge in [-0.25, -0.2) is 0 Å². The fourth-order valence-electron chi connectivity index (χ4n) is 5.30. The van der Waals surface area contributed by atoms with E-state index in [4.69, 9.17) is 0 Å². The van der Waals surface area contributed by atoms with Crippen LogP contribution in [0.25, 0.3) is 11.1 Å². The maximum atomic E-state index is 2.62. The molecule has 1 unspecified atom stereocenters. The normalized spacial score (nSPS) is 17.3. The van der Waals surface area contributed by atoms with Crippen molar-refractivity contribution in [2.45, 2.75) is 96.5 Å². The molecule has 2 aromatic rings. The summed E-state index contributed by atoms with van der Waals surface area (Å²) in [4.78, 5) is 0. The van der Waals surface area contributed by atoms with Gasteiger partial charge in [0, 0.05) is 0 Å². The van der Waals surface area contributed by atoms with Gasteiger partial charge in [0.15, 0.2) is 0 Å². The number of fused-ring (bicyclic) bond motifs is 3. The summed E-state index contributed by atoms with van der Waals surface area (Å²) >= 11 is -0.858. The van der Waals surface area contributed by atoms with Crippen molar-refractivity contribution in [3.63, 3.8) is 0 Å². The molecular formula is C33H44Cl2Zr. The van der Waals surface area contributed by atoms with Crippen molar-refractivity contribution < 1.29 is 48.0 Å². The molecule has 0 fully saturated rings. The second kappa shape index (κ2) is 11.2. The minimum absolute atomic E-state index is 0. The van der Waals surface area contributed by atoms with Gasteiger partial charge in [-0.3, -0.25) is 0 Å². The first-order valence-corrected chi connectivity index (χ1v) is 15.8. The molecule has 3 heteroatoms. The molecule has 194 valence electrons. The minimum Gasteiger partial charge on any atom is -1.00 e. The Balaban J connectivity index is 0.00000228. The van der Waals surface area contributed by atoms with Crippen molar-refractivity contribution in [2.24, 2.45) is 11.3 Å². The van der Waals surface area contributed by atoms with Gasteiger partial charge in [0.1, 0.15) is 0 Å².